The maximum atomic E-state index is 5.40. The number of thiophene rings is 1. The molecule has 28 heavy (non-hydrogen) atoms. The third kappa shape index (κ3) is 7.16. The predicted molar refractivity (Wildman–Crippen MR) is 130 cm³/mol. The van der Waals surface area contributed by atoms with Crippen molar-refractivity contribution in [2.75, 3.05) is 40.9 Å². The second kappa shape index (κ2) is 12.9. The van der Waals surface area contributed by atoms with E-state index < -0.39 is 0 Å². The van der Waals surface area contributed by atoms with Crippen molar-refractivity contribution in [1.82, 2.24) is 10.2 Å². The molecule has 0 fully saturated rings. The number of likely N-dealkylation sites (N-methyl/N-ethyl adjacent to an activating group) is 1. The maximum Gasteiger partial charge on any atom is 0.193 e. The van der Waals surface area contributed by atoms with Crippen LogP contribution in [0.5, 0.6) is 11.5 Å². The smallest absolute Gasteiger partial charge is 0.193 e. The van der Waals surface area contributed by atoms with E-state index in [1.165, 1.54) is 10.4 Å². The van der Waals surface area contributed by atoms with Crippen LogP contribution in [0.15, 0.2) is 40.7 Å². The summed E-state index contributed by atoms with van der Waals surface area (Å²) in [6.07, 6.45) is 0.905. The molecule has 5 nitrogen and oxygen atoms in total. The number of rotatable bonds is 9. The minimum atomic E-state index is 0. The van der Waals surface area contributed by atoms with Crippen molar-refractivity contribution < 1.29 is 9.47 Å². The first kappa shape index (κ1) is 24.6. The summed E-state index contributed by atoms with van der Waals surface area (Å²) in [7, 11) is 5.40. The molecule has 2 aromatic rings. The van der Waals surface area contributed by atoms with Crippen LogP contribution in [0.2, 0.25) is 0 Å². The van der Waals surface area contributed by atoms with Gasteiger partial charge in [-0.2, -0.15) is 0 Å². The van der Waals surface area contributed by atoms with E-state index in [1.54, 1.807) is 25.6 Å². The van der Waals surface area contributed by atoms with E-state index in [4.69, 9.17) is 14.5 Å². The van der Waals surface area contributed by atoms with E-state index in [9.17, 15) is 0 Å². The molecule has 1 heterocycles. The molecule has 156 valence electrons. The third-order valence-electron chi connectivity index (χ3n) is 4.42. The number of nitrogens with one attached hydrogen (secondary N) is 1. The molecule has 0 radical (unpaired) electrons. The molecule has 0 spiro atoms. The summed E-state index contributed by atoms with van der Waals surface area (Å²) in [5.74, 6) is 2.90. The van der Waals surface area contributed by atoms with Gasteiger partial charge in [-0.1, -0.05) is 19.1 Å². The zero-order valence-electron chi connectivity index (χ0n) is 17.4. The van der Waals surface area contributed by atoms with Gasteiger partial charge in [0.25, 0.3) is 0 Å². The minimum Gasteiger partial charge on any atom is -0.493 e. The van der Waals surface area contributed by atoms with E-state index in [1.807, 2.05) is 12.1 Å². The number of hydrogen-bond acceptors (Lipinski definition) is 4. The molecule has 7 heteroatoms. The Bertz CT molecular complexity index is 722. The summed E-state index contributed by atoms with van der Waals surface area (Å²) < 4.78 is 10.7. The maximum absolute atomic E-state index is 5.40. The molecule has 1 atom stereocenters. The Morgan fingerprint density at radius 2 is 1.96 bits per heavy atom. The fourth-order valence-electron chi connectivity index (χ4n) is 2.79. The number of hydrogen-bond donors (Lipinski definition) is 1. The quantitative estimate of drug-likeness (QED) is 0.300. The average molecular weight is 517 g/mol. The molecular weight excluding hydrogens is 485 g/mol. The highest BCUT2D eigenvalue weighted by Crippen LogP contribution is 2.27. The molecular formula is C21H32IN3O2S. The molecule has 1 N–H and O–H groups in total. The highest BCUT2D eigenvalue weighted by molar-refractivity contribution is 14.0. The Labute approximate surface area is 190 Å². The van der Waals surface area contributed by atoms with Crippen LogP contribution in [-0.2, 0) is 6.42 Å². The zero-order chi connectivity index (χ0) is 19.6. The lowest BCUT2D eigenvalue weighted by molar-refractivity contribution is 0.354. The van der Waals surface area contributed by atoms with Crippen molar-refractivity contribution in [3.8, 4) is 11.5 Å². The number of aliphatic imine (C=N–C) groups is 1. The van der Waals surface area contributed by atoms with Crippen LogP contribution in [0, 0.1) is 0 Å². The van der Waals surface area contributed by atoms with Gasteiger partial charge in [-0.15, -0.1) is 35.3 Å². The molecule has 1 unspecified atom stereocenters. The van der Waals surface area contributed by atoms with Gasteiger partial charge < -0.3 is 19.7 Å². The average Bonchev–Trinajstić information content (AvgIpc) is 3.23. The molecule has 0 saturated heterocycles. The van der Waals surface area contributed by atoms with Gasteiger partial charge in [0.05, 0.1) is 20.8 Å². The lowest BCUT2D eigenvalue weighted by Crippen LogP contribution is -2.40. The largest absolute Gasteiger partial charge is 0.493 e. The number of halogens is 1. The number of guanidine groups is 1. The van der Waals surface area contributed by atoms with Crippen molar-refractivity contribution in [2.24, 2.45) is 4.99 Å². The van der Waals surface area contributed by atoms with Gasteiger partial charge in [-0.25, -0.2) is 0 Å². The van der Waals surface area contributed by atoms with Crippen LogP contribution in [0.25, 0.3) is 0 Å². The molecule has 0 aliphatic carbocycles. The molecule has 0 aliphatic heterocycles. The summed E-state index contributed by atoms with van der Waals surface area (Å²) in [6.45, 7) is 6.83. The van der Waals surface area contributed by atoms with Crippen molar-refractivity contribution in [1.29, 1.82) is 0 Å². The number of nitrogens with zero attached hydrogens (tertiary/aromatic N) is 2. The Balaban J connectivity index is 0.00000392. The van der Waals surface area contributed by atoms with Crippen LogP contribution in [0.1, 0.15) is 30.2 Å². The van der Waals surface area contributed by atoms with Gasteiger partial charge in [0, 0.05) is 30.9 Å². The van der Waals surface area contributed by atoms with Crippen molar-refractivity contribution >= 4 is 41.3 Å². The predicted octanol–water partition coefficient (Wildman–Crippen LogP) is 4.63. The molecule has 0 aliphatic rings. The first-order chi connectivity index (χ1) is 13.1. The molecule has 0 saturated carbocycles. The highest BCUT2D eigenvalue weighted by atomic mass is 127. The first-order valence-corrected chi connectivity index (χ1v) is 10.2. The molecule has 1 aromatic heterocycles. The normalized spacial score (nSPS) is 12.1. The second-order valence-electron chi connectivity index (χ2n) is 6.47. The van der Waals surface area contributed by atoms with Gasteiger partial charge >= 0.3 is 0 Å². The zero-order valence-corrected chi connectivity index (χ0v) is 20.5. The minimum absolute atomic E-state index is 0. The van der Waals surface area contributed by atoms with Crippen molar-refractivity contribution in [2.45, 2.75) is 26.2 Å². The summed E-state index contributed by atoms with van der Waals surface area (Å²) >= 11 is 1.79. The summed E-state index contributed by atoms with van der Waals surface area (Å²) in [6, 6.07) is 10.4. The van der Waals surface area contributed by atoms with E-state index in [0.717, 1.165) is 43.5 Å². The molecule has 0 bridgehead atoms. The fourth-order valence-corrected chi connectivity index (χ4v) is 3.57. The molecule has 0 amide bonds. The number of methoxy groups -OCH3 is 2. The van der Waals surface area contributed by atoms with Crippen molar-refractivity contribution in [3.63, 3.8) is 0 Å². The first-order valence-electron chi connectivity index (χ1n) is 9.32. The lowest BCUT2D eigenvalue weighted by Gasteiger charge is -2.23. The second-order valence-corrected chi connectivity index (χ2v) is 7.45. The van der Waals surface area contributed by atoms with Crippen molar-refractivity contribution in [3.05, 3.63) is 46.2 Å². The number of benzene rings is 1. The Morgan fingerprint density at radius 3 is 2.57 bits per heavy atom. The molecule has 2 rings (SSSR count). The summed E-state index contributed by atoms with van der Waals surface area (Å²) in [5.41, 5.74) is 1.21. The van der Waals surface area contributed by atoms with Gasteiger partial charge in [0.15, 0.2) is 17.5 Å². The van der Waals surface area contributed by atoms with E-state index in [-0.39, 0.29) is 24.0 Å². The van der Waals surface area contributed by atoms with Crippen LogP contribution in [0.3, 0.4) is 0 Å². The van der Waals surface area contributed by atoms with Gasteiger partial charge in [-0.3, -0.25) is 4.99 Å². The van der Waals surface area contributed by atoms with Gasteiger partial charge in [0.2, 0.25) is 0 Å². The SMILES string of the molecule is CCNC(=NCC(C)c1cccs1)N(C)CCc1ccc(OC)c(OC)c1.I. The van der Waals surface area contributed by atoms with E-state index in [0.29, 0.717) is 5.92 Å². The number of ether oxygens (including phenoxy) is 2. The van der Waals surface area contributed by atoms with E-state index >= 15 is 0 Å². The van der Waals surface area contributed by atoms with Crippen LogP contribution in [0.4, 0.5) is 0 Å². The fraction of sp³-hybridized carbons (Fsp3) is 0.476. The van der Waals surface area contributed by atoms with E-state index in [2.05, 4.69) is 54.7 Å². The van der Waals surface area contributed by atoms with Crippen LogP contribution < -0.4 is 14.8 Å². The topological polar surface area (TPSA) is 46.1 Å². The molecule has 1 aromatic carbocycles. The van der Waals surface area contributed by atoms with Crippen LogP contribution in [-0.4, -0.2) is 51.8 Å². The summed E-state index contributed by atoms with van der Waals surface area (Å²) in [4.78, 5) is 8.40. The monoisotopic (exact) mass is 517 g/mol. The standard InChI is InChI=1S/C21H31N3O2S.HI/c1-6-22-21(23-15-16(2)20-8-7-13-27-20)24(3)12-11-17-9-10-18(25-4)19(14-17)26-5;/h7-10,13-14,16H,6,11-12,15H2,1-5H3,(H,22,23);1H. The summed E-state index contributed by atoms with van der Waals surface area (Å²) in [5, 5.41) is 5.52. The Kier molecular flexibility index (Phi) is 11.3. The Hall–Kier alpha value is -1.48. The lowest BCUT2D eigenvalue weighted by atomic mass is 10.1. The van der Waals surface area contributed by atoms with Gasteiger partial charge in [0.1, 0.15) is 0 Å². The van der Waals surface area contributed by atoms with Crippen LogP contribution >= 0.6 is 35.3 Å². The third-order valence-corrected chi connectivity index (χ3v) is 5.53. The highest BCUT2D eigenvalue weighted by Gasteiger charge is 2.10. The van der Waals surface area contributed by atoms with Gasteiger partial charge in [-0.05, 0) is 42.5 Å². The Morgan fingerprint density at radius 1 is 1.21 bits per heavy atom.